The van der Waals surface area contributed by atoms with Crippen molar-refractivity contribution in [1.29, 1.82) is 0 Å². The van der Waals surface area contributed by atoms with Crippen LogP contribution >= 0.6 is 0 Å². The van der Waals surface area contributed by atoms with E-state index in [0.29, 0.717) is 0 Å². The Bertz CT molecular complexity index is 427. The molecule has 1 aliphatic heterocycles. The topological polar surface area (TPSA) is 55.8 Å². The van der Waals surface area contributed by atoms with Crippen LogP contribution < -0.4 is 0 Å². The van der Waals surface area contributed by atoms with Crippen molar-refractivity contribution in [2.24, 2.45) is 0 Å². The number of carboxylic acid groups (broad SMARTS) is 1. The molecule has 0 saturated carbocycles. The van der Waals surface area contributed by atoms with Gasteiger partial charge in [0, 0.05) is 6.92 Å². The number of rotatable bonds is 1. The minimum absolute atomic E-state index is 0.262. The van der Waals surface area contributed by atoms with Crippen molar-refractivity contribution in [2.75, 3.05) is 0 Å². The fraction of sp³-hybridized carbons (Fsp3) is 0.417. The monoisotopic (exact) mass is 222 g/mol. The second-order valence-corrected chi connectivity index (χ2v) is 4.10. The van der Waals surface area contributed by atoms with Gasteiger partial charge in [-0.05, 0) is 18.1 Å². The maximum atomic E-state index is 11.0. The van der Waals surface area contributed by atoms with Gasteiger partial charge in [0.15, 0.2) is 0 Å². The van der Waals surface area contributed by atoms with E-state index >= 15 is 0 Å². The van der Waals surface area contributed by atoms with Crippen LogP contribution in [0.2, 0.25) is 0 Å². The smallest absolute Gasteiger partial charge is 0.364 e. The molecular formula is C12H14O4. The second kappa shape index (κ2) is 3.88. The molecule has 0 fully saturated rings. The zero-order valence-corrected chi connectivity index (χ0v) is 9.32. The van der Waals surface area contributed by atoms with Gasteiger partial charge in [0.1, 0.15) is 0 Å². The molecule has 1 aromatic carbocycles. The van der Waals surface area contributed by atoms with Crippen molar-refractivity contribution in [1.82, 2.24) is 0 Å². The van der Waals surface area contributed by atoms with Crippen molar-refractivity contribution in [2.45, 2.75) is 32.8 Å². The number of fused-ring (bicyclic) bond motifs is 1. The predicted octanol–water partition coefficient (Wildman–Crippen LogP) is 1.84. The average molecular weight is 222 g/mol. The third kappa shape index (κ3) is 1.94. The summed E-state index contributed by atoms with van der Waals surface area (Å²) in [7, 11) is 0. The van der Waals surface area contributed by atoms with Crippen LogP contribution in [0.4, 0.5) is 0 Å². The fourth-order valence-electron chi connectivity index (χ4n) is 1.63. The maximum Gasteiger partial charge on any atom is 0.364 e. The van der Waals surface area contributed by atoms with Gasteiger partial charge in [-0.25, -0.2) is 4.79 Å². The van der Waals surface area contributed by atoms with E-state index in [2.05, 4.69) is 0 Å². The number of aliphatic carboxylic acids is 1. The molecule has 1 N–H and O–H groups in total. The first-order valence-corrected chi connectivity index (χ1v) is 5.11. The summed E-state index contributed by atoms with van der Waals surface area (Å²) < 4.78 is 10.6. The molecule has 1 unspecified atom stereocenters. The number of aryl methyl sites for hydroxylation is 1. The molecule has 0 aliphatic carbocycles. The summed E-state index contributed by atoms with van der Waals surface area (Å²) in [4.78, 5) is 11.0. The lowest BCUT2D eigenvalue weighted by Crippen LogP contribution is -2.39. The fourth-order valence-corrected chi connectivity index (χ4v) is 1.63. The van der Waals surface area contributed by atoms with Crippen LogP contribution in [-0.2, 0) is 27.5 Å². The largest absolute Gasteiger partial charge is 0.477 e. The van der Waals surface area contributed by atoms with E-state index in [0.717, 1.165) is 16.7 Å². The number of carbonyl (C=O) groups is 1. The number of hydrogen-bond acceptors (Lipinski definition) is 3. The molecule has 0 saturated heterocycles. The Morgan fingerprint density at radius 3 is 2.56 bits per heavy atom. The number of hydrogen-bond donors (Lipinski definition) is 1. The number of ether oxygens (including phenoxy) is 2. The van der Waals surface area contributed by atoms with E-state index in [-0.39, 0.29) is 13.2 Å². The van der Waals surface area contributed by atoms with Crippen LogP contribution in [0.25, 0.3) is 0 Å². The molecule has 4 heteroatoms. The number of carboxylic acids is 1. The van der Waals surface area contributed by atoms with E-state index in [4.69, 9.17) is 14.6 Å². The SMILES string of the molecule is Cc1ccc2c(c1)COC(C)(C(=O)O)OC2. The first kappa shape index (κ1) is 11.1. The normalized spacial score (nSPS) is 24.6. The highest BCUT2D eigenvalue weighted by atomic mass is 16.7. The molecule has 2 rings (SSSR count). The molecular weight excluding hydrogens is 208 g/mol. The van der Waals surface area contributed by atoms with Crippen LogP contribution in [0.15, 0.2) is 18.2 Å². The van der Waals surface area contributed by atoms with Crippen molar-refractivity contribution in [3.05, 3.63) is 34.9 Å². The molecule has 1 aliphatic rings. The summed E-state index contributed by atoms with van der Waals surface area (Å²) in [6.45, 7) is 3.94. The molecule has 1 atom stereocenters. The molecule has 0 amide bonds. The molecule has 1 aromatic rings. The Morgan fingerprint density at radius 1 is 1.31 bits per heavy atom. The Labute approximate surface area is 93.8 Å². The van der Waals surface area contributed by atoms with Gasteiger partial charge in [-0.2, -0.15) is 0 Å². The molecule has 1 heterocycles. The maximum absolute atomic E-state index is 11.0. The third-order valence-corrected chi connectivity index (χ3v) is 2.76. The van der Waals surface area contributed by atoms with Crippen LogP contribution in [-0.4, -0.2) is 16.9 Å². The molecule has 4 nitrogen and oxygen atoms in total. The Morgan fingerprint density at radius 2 is 1.94 bits per heavy atom. The molecule has 0 bridgehead atoms. The van der Waals surface area contributed by atoms with Crippen molar-refractivity contribution in [3.63, 3.8) is 0 Å². The molecule has 16 heavy (non-hydrogen) atoms. The summed E-state index contributed by atoms with van der Waals surface area (Å²) in [5.41, 5.74) is 3.10. The van der Waals surface area contributed by atoms with Crippen molar-refractivity contribution < 1.29 is 19.4 Å². The Balaban J connectivity index is 2.28. The van der Waals surface area contributed by atoms with E-state index in [1.807, 2.05) is 25.1 Å². The van der Waals surface area contributed by atoms with Crippen LogP contribution in [0.5, 0.6) is 0 Å². The quantitative estimate of drug-likeness (QED) is 0.787. The van der Waals surface area contributed by atoms with Crippen LogP contribution in [0.3, 0.4) is 0 Å². The first-order valence-electron chi connectivity index (χ1n) is 5.11. The van der Waals surface area contributed by atoms with E-state index < -0.39 is 11.8 Å². The highest BCUT2D eigenvalue weighted by Crippen LogP contribution is 2.25. The van der Waals surface area contributed by atoms with Gasteiger partial charge in [-0.1, -0.05) is 23.8 Å². The molecule has 0 aromatic heterocycles. The van der Waals surface area contributed by atoms with Gasteiger partial charge in [-0.15, -0.1) is 0 Å². The van der Waals surface area contributed by atoms with Crippen molar-refractivity contribution in [3.8, 4) is 0 Å². The Hall–Kier alpha value is -1.39. The lowest BCUT2D eigenvalue weighted by atomic mass is 10.1. The third-order valence-electron chi connectivity index (χ3n) is 2.76. The summed E-state index contributed by atoms with van der Waals surface area (Å²) >= 11 is 0. The van der Waals surface area contributed by atoms with Gasteiger partial charge in [0.05, 0.1) is 13.2 Å². The minimum Gasteiger partial charge on any atom is -0.477 e. The van der Waals surface area contributed by atoms with Crippen LogP contribution in [0.1, 0.15) is 23.6 Å². The first-order chi connectivity index (χ1) is 7.51. The van der Waals surface area contributed by atoms with Crippen LogP contribution in [0, 0.1) is 6.92 Å². The molecule has 0 radical (unpaired) electrons. The second-order valence-electron chi connectivity index (χ2n) is 4.10. The summed E-state index contributed by atoms with van der Waals surface area (Å²) in [5.74, 6) is -2.65. The predicted molar refractivity (Wildman–Crippen MR) is 56.8 cm³/mol. The molecule has 0 spiro atoms. The highest BCUT2D eigenvalue weighted by molar-refractivity contribution is 5.75. The van der Waals surface area contributed by atoms with Gasteiger partial charge < -0.3 is 14.6 Å². The highest BCUT2D eigenvalue weighted by Gasteiger charge is 2.37. The van der Waals surface area contributed by atoms with E-state index in [1.165, 1.54) is 6.92 Å². The van der Waals surface area contributed by atoms with Gasteiger partial charge >= 0.3 is 5.97 Å². The zero-order valence-electron chi connectivity index (χ0n) is 9.32. The van der Waals surface area contributed by atoms with E-state index in [1.54, 1.807) is 0 Å². The van der Waals surface area contributed by atoms with Gasteiger partial charge in [-0.3, -0.25) is 0 Å². The lowest BCUT2D eigenvalue weighted by Gasteiger charge is -2.22. The standard InChI is InChI=1S/C12H14O4/c1-8-3-4-9-6-15-12(2,11(13)14)16-7-10(9)5-8/h3-5H,6-7H2,1-2H3,(H,13,14). The van der Waals surface area contributed by atoms with Gasteiger partial charge in [0.2, 0.25) is 0 Å². The zero-order chi connectivity index (χ0) is 11.8. The van der Waals surface area contributed by atoms with E-state index in [9.17, 15) is 4.79 Å². The lowest BCUT2D eigenvalue weighted by molar-refractivity contribution is -0.240. The summed E-state index contributed by atoms with van der Waals surface area (Å²) in [6, 6.07) is 5.92. The number of benzene rings is 1. The average Bonchev–Trinajstić information content (AvgIpc) is 2.40. The van der Waals surface area contributed by atoms with Gasteiger partial charge in [0.25, 0.3) is 5.79 Å². The molecule has 86 valence electrons. The summed E-state index contributed by atoms with van der Waals surface area (Å²) in [5, 5.41) is 9.01. The Kier molecular flexibility index (Phi) is 2.69. The summed E-state index contributed by atoms with van der Waals surface area (Å²) in [6.07, 6.45) is 0. The minimum atomic E-state index is -1.55. The van der Waals surface area contributed by atoms with Crippen molar-refractivity contribution >= 4 is 5.97 Å².